The fourth-order valence-corrected chi connectivity index (χ4v) is 3.10. The van der Waals surface area contributed by atoms with Crippen molar-refractivity contribution >= 4 is 28.9 Å². The third-order valence-electron chi connectivity index (χ3n) is 4.47. The standard InChI is InChI=1S/C21H24FN2O/c1-4-23(5-2)17-13-11-16(18(22)15-17)12-14-21-24(6-3)19-9-7-8-10-20(19)25-21/h7-15H,4-6H2,1-3H3/q+1. The van der Waals surface area contributed by atoms with Crippen molar-refractivity contribution < 1.29 is 13.4 Å². The molecule has 0 aliphatic heterocycles. The van der Waals surface area contributed by atoms with Gasteiger partial charge in [-0.1, -0.05) is 12.1 Å². The Morgan fingerprint density at radius 1 is 1.04 bits per heavy atom. The molecule has 130 valence electrons. The van der Waals surface area contributed by atoms with E-state index in [1.807, 2.05) is 42.5 Å². The number of hydrogen-bond donors (Lipinski definition) is 0. The van der Waals surface area contributed by atoms with Crippen LogP contribution in [0.2, 0.25) is 0 Å². The van der Waals surface area contributed by atoms with Gasteiger partial charge in [0, 0.05) is 30.4 Å². The van der Waals surface area contributed by atoms with E-state index >= 15 is 0 Å². The van der Waals surface area contributed by atoms with Gasteiger partial charge in [0.1, 0.15) is 12.4 Å². The third kappa shape index (κ3) is 3.43. The fourth-order valence-electron chi connectivity index (χ4n) is 3.10. The molecule has 0 saturated heterocycles. The molecule has 0 aliphatic rings. The minimum atomic E-state index is -0.222. The van der Waals surface area contributed by atoms with Gasteiger partial charge >= 0.3 is 5.89 Å². The molecule has 0 aliphatic carbocycles. The van der Waals surface area contributed by atoms with Gasteiger partial charge in [0.2, 0.25) is 5.58 Å². The molecule has 0 spiro atoms. The summed E-state index contributed by atoms with van der Waals surface area (Å²) in [5, 5.41) is 0. The molecule has 0 amide bonds. The quantitative estimate of drug-likeness (QED) is 0.596. The maximum absolute atomic E-state index is 14.5. The molecule has 0 unspecified atom stereocenters. The largest absolute Gasteiger partial charge is 0.398 e. The Morgan fingerprint density at radius 3 is 2.48 bits per heavy atom. The minimum Gasteiger partial charge on any atom is -0.398 e. The van der Waals surface area contributed by atoms with Crippen molar-refractivity contribution in [3.05, 3.63) is 59.7 Å². The maximum atomic E-state index is 14.5. The maximum Gasteiger partial charge on any atom is 0.374 e. The first-order valence-electron chi connectivity index (χ1n) is 8.81. The zero-order valence-corrected chi connectivity index (χ0v) is 15.0. The van der Waals surface area contributed by atoms with E-state index < -0.39 is 0 Å². The van der Waals surface area contributed by atoms with Gasteiger partial charge in [-0.2, -0.15) is 4.57 Å². The summed E-state index contributed by atoms with van der Waals surface area (Å²) in [5.41, 5.74) is 3.34. The fraction of sp³-hybridized carbons (Fsp3) is 0.286. The van der Waals surface area contributed by atoms with Crippen LogP contribution in [0.4, 0.5) is 10.1 Å². The molecule has 25 heavy (non-hydrogen) atoms. The van der Waals surface area contributed by atoms with E-state index in [0.29, 0.717) is 5.56 Å². The zero-order chi connectivity index (χ0) is 17.8. The molecule has 0 atom stereocenters. The minimum absolute atomic E-state index is 0.222. The Bertz CT molecular complexity index is 894. The van der Waals surface area contributed by atoms with E-state index in [-0.39, 0.29) is 5.82 Å². The average molecular weight is 339 g/mol. The second-order valence-electron chi connectivity index (χ2n) is 5.86. The lowest BCUT2D eigenvalue weighted by Crippen LogP contribution is -2.33. The number of aromatic nitrogens is 1. The summed E-state index contributed by atoms with van der Waals surface area (Å²) in [6.07, 6.45) is 3.60. The lowest BCUT2D eigenvalue weighted by Gasteiger charge is -2.21. The molecule has 3 aromatic rings. The number of nitrogens with zero attached hydrogens (tertiary/aromatic N) is 2. The molecule has 3 rings (SSSR count). The molecule has 1 aromatic heterocycles. The summed E-state index contributed by atoms with van der Waals surface area (Å²) in [7, 11) is 0. The van der Waals surface area contributed by atoms with Crippen LogP contribution in [0, 0.1) is 5.82 Å². The molecule has 0 bridgehead atoms. The third-order valence-corrected chi connectivity index (χ3v) is 4.47. The Kier molecular flexibility index (Phi) is 5.17. The van der Waals surface area contributed by atoms with E-state index in [9.17, 15) is 4.39 Å². The highest BCUT2D eigenvalue weighted by Crippen LogP contribution is 2.21. The van der Waals surface area contributed by atoms with E-state index in [4.69, 9.17) is 4.42 Å². The highest BCUT2D eigenvalue weighted by atomic mass is 19.1. The summed E-state index contributed by atoms with van der Waals surface area (Å²) in [6.45, 7) is 8.72. The summed E-state index contributed by atoms with van der Waals surface area (Å²) < 4.78 is 22.4. The van der Waals surface area contributed by atoms with Crippen molar-refractivity contribution in [3.63, 3.8) is 0 Å². The van der Waals surface area contributed by atoms with Crippen LogP contribution in [-0.4, -0.2) is 13.1 Å². The second-order valence-corrected chi connectivity index (χ2v) is 5.86. The molecule has 0 saturated carbocycles. The van der Waals surface area contributed by atoms with Gasteiger partial charge in [0.25, 0.3) is 5.52 Å². The monoisotopic (exact) mass is 339 g/mol. The van der Waals surface area contributed by atoms with Crippen molar-refractivity contribution in [2.24, 2.45) is 0 Å². The highest BCUT2D eigenvalue weighted by molar-refractivity contribution is 5.72. The zero-order valence-electron chi connectivity index (χ0n) is 15.0. The second kappa shape index (κ2) is 7.51. The van der Waals surface area contributed by atoms with Crippen molar-refractivity contribution in [2.75, 3.05) is 18.0 Å². The smallest absolute Gasteiger partial charge is 0.374 e. The van der Waals surface area contributed by atoms with E-state index in [1.165, 1.54) is 0 Å². The first-order chi connectivity index (χ1) is 12.2. The molecule has 4 heteroatoms. The number of rotatable bonds is 6. The van der Waals surface area contributed by atoms with Crippen molar-refractivity contribution in [1.82, 2.24) is 0 Å². The lowest BCUT2D eigenvalue weighted by atomic mass is 10.1. The van der Waals surface area contributed by atoms with Crippen molar-refractivity contribution in [2.45, 2.75) is 27.3 Å². The number of fused-ring (bicyclic) bond motifs is 1. The number of anilines is 1. The molecule has 0 N–H and O–H groups in total. The van der Waals surface area contributed by atoms with E-state index in [0.717, 1.165) is 42.3 Å². The Morgan fingerprint density at radius 2 is 1.80 bits per heavy atom. The Labute approximate surface area is 148 Å². The summed E-state index contributed by atoms with van der Waals surface area (Å²) in [6, 6.07) is 13.3. The number of benzene rings is 2. The first kappa shape index (κ1) is 17.2. The lowest BCUT2D eigenvalue weighted by molar-refractivity contribution is -0.674. The predicted molar refractivity (Wildman–Crippen MR) is 101 cm³/mol. The number of para-hydroxylation sites is 2. The van der Waals surface area contributed by atoms with Gasteiger partial charge in [0.15, 0.2) is 0 Å². The van der Waals surface area contributed by atoms with Crippen LogP contribution < -0.4 is 9.47 Å². The van der Waals surface area contributed by atoms with Gasteiger partial charge in [-0.05, 0) is 51.1 Å². The number of hydrogen-bond acceptors (Lipinski definition) is 2. The van der Waals surface area contributed by atoms with Crippen molar-refractivity contribution in [1.29, 1.82) is 0 Å². The topological polar surface area (TPSA) is 20.3 Å². The van der Waals surface area contributed by atoms with Gasteiger partial charge < -0.3 is 9.32 Å². The van der Waals surface area contributed by atoms with Crippen LogP contribution in [0.15, 0.2) is 46.9 Å². The molecule has 0 radical (unpaired) electrons. The van der Waals surface area contributed by atoms with Crippen LogP contribution in [-0.2, 0) is 6.54 Å². The molecule has 1 heterocycles. The SMILES string of the molecule is CCN(CC)c1ccc(/C=C/c2oc3ccccc3[n+]2CC)c(F)c1. The number of oxazole rings is 1. The molecular weight excluding hydrogens is 315 g/mol. The first-order valence-corrected chi connectivity index (χ1v) is 8.81. The highest BCUT2D eigenvalue weighted by Gasteiger charge is 2.18. The molecular formula is C21H24FN2O+. The van der Waals surface area contributed by atoms with Crippen molar-refractivity contribution in [3.8, 4) is 0 Å². The number of halogens is 1. The van der Waals surface area contributed by atoms with Gasteiger partial charge in [0.05, 0.1) is 6.08 Å². The van der Waals surface area contributed by atoms with Gasteiger partial charge in [-0.25, -0.2) is 4.39 Å². The summed E-state index contributed by atoms with van der Waals surface area (Å²) in [5.74, 6) is 0.496. The Balaban J connectivity index is 1.92. The normalized spacial score (nSPS) is 11.5. The van der Waals surface area contributed by atoms with Crippen LogP contribution in [0.3, 0.4) is 0 Å². The van der Waals surface area contributed by atoms with Crippen LogP contribution in [0.5, 0.6) is 0 Å². The van der Waals surface area contributed by atoms with Crippen LogP contribution >= 0.6 is 0 Å². The van der Waals surface area contributed by atoms with Crippen LogP contribution in [0.25, 0.3) is 23.3 Å². The average Bonchev–Trinajstić information content (AvgIpc) is 2.99. The molecule has 0 fully saturated rings. The summed E-state index contributed by atoms with van der Waals surface area (Å²) in [4.78, 5) is 2.13. The predicted octanol–water partition coefficient (Wildman–Crippen LogP) is 4.90. The molecule has 3 nitrogen and oxygen atoms in total. The van der Waals surface area contributed by atoms with Gasteiger partial charge in [-0.3, -0.25) is 0 Å². The van der Waals surface area contributed by atoms with E-state index in [2.05, 4.69) is 30.2 Å². The van der Waals surface area contributed by atoms with Crippen LogP contribution in [0.1, 0.15) is 32.2 Å². The Hall–Kier alpha value is -2.62. The number of aryl methyl sites for hydroxylation is 1. The molecule has 2 aromatic carbocycles. The van der Waals surface area contributed by atoms with E-state index in [1.54, 1.807) is 12.1 Å². The van der Waals surface area contributed by atoms with Gasteiger partial charge in [-0.15, -0.1) is 0 Å². The summed E-state index contributed by atoms with van der Waals surface area (Å²) >= 11 is 0.